The molecule has 1 rings (SSSR count). The van der Waals surface area contributed by atoms with Crippen molar-refractivity contribution in [1.29, 1.82) is 0 Å². The third-order valence-electron chi connectivity index (χ3n) is 2.73. The molecule has 15 heavy (non-hydrogen) atoms. The van der Waals surface area contributed by atoms with Crippen molar-refractivity contribution < 1.29 is 4.74 Å². The lowest BCUT2D eigenvalue weighted by atomic mass is 10.1. The maximum Gasteiger partial charge on any atom is 0.0634 e. The summed E-state index contributed by atoms with van der Waals surface area (Å²) in [5, 5.41) is 7.85. The molecule has 1 aromatic heterocycles. The molecule has 1 heterocycles. The van der Waals surface area contributed by atoms with Crippen molar-refractivity contribution in [3.63, 3.8) is 0 Å². The lowest BCUT2D eigenvalue weighted by Gasteiger charge is -2.22. The van der Waals surface area contributed by atoms with Crippen molar-refractivity contribution in [2.75, 3.05) is 13.7 Å². The molecule has 0 unspecified atom stereocenters. The fraction of sp³-hybridized carbons (Fsp3) is 0.667. The highest BCUT2D eigenvalue weighted by Gasteiger charge is 2.14. The average Bonchev–Trinajstić information content (AvgIpc) is 2.59. The van der Waals surface area contributed by atoms with Crippen LogP contribution >= 0.6 is 11.3 Å². The van der Waals surface area contributed by atoms with Crippen molar-refractivity contribution in [3.8, 4) is 0 Å². The van der Waals surface area contributed by atoms with Crippen LogP contribution in [0.1, 0.15) is 31.4 Å². The second-order valence-corrected chi connectivity index (χ2v) is 5.21. The van der Waals surface area contributed by atoms with Crippen LogP contribution in [0.15, 0.2) is 10.8 Å². The Morgan fingerprint density at radius 1 is 1.40 bits per heavy atom. The number of ether oxygens (including phenoxy) is 1. The number of aryl methyl sites for hydroxylation is 1. The lowest BCUT2D eigenvalue weighted by Crippen LogP contribution is -2.28. The fourth-order valence-corrected chi connectivity index (χ4v) is 2.14. The molecule has 0 aliphatic rings. The van der Waals surface area contributed by atoms with Crippen molar-refractivity contribution in [1.82, 2.24) is 5.32 Å². The van der Waals surface area contributed by atoms with Gasteiger partial charge in [0.25, 0.3) is 0 Å². The van der Waals surface area contributed by atoms with Gasteiger partial charge in [-0.1, -0.05) is 0 Å². The average molecular weight is 227 g/mol. The molecule has 0 fully saturated rings. The van der Waals surface area contributed by atoms with Crippen LogP contribution in [0.5, 0.6) is 0 Å². The summed E-state index contributed by atoms with van der Waals surface area (Å²) in [4.78, 5) is 0. The Bertz CT molecular complexity index is 294. The number of hydrogen-bond acceptors (Lipinski definition) is 3. The Balaban J connectivity index is 2.20. The molecule has 0 saturated carbocycles. The van der Waals surface area contributed by atoms with Crippen LogP contribution in [-0.2, 0) is 11.3 Å². The lowest BCUT2D eigenvalue weighted by molar-refractivity contribution is 0.0158. The molecule has 0 amide bonds. The molecular weight excluding hydrogens is 206 g/mol. The summed E-state index contributed by atoms with van der Waals surface area (Å²) in [6.45, 7) is 8.35. The maximum atomic E-state index is 5.36. The molecule has 0 saturated heterocycles. The van der Waals surface area contributed by atoms with E-state index in [-0.39, 0.29) is 5.60 Å². The summed E-state index contributed by atoms with van der Waals surface area (Å²) in [5.74, 6) is 0. The van der Waals surface area contributed by atoms with E-state index in [0.717, 1.165) is 19.5 Å². The normalized spacial score (nSPS) is 12.0. The first-order chi connectivity index (χ1) is 7.05. The zero-order valence-corrected chi connectivity index (χ0v) is 10.9. The van der Waals surface area contributed by atoms with Crippen molar-refractivity contribution in [2.24, 2.45) is 0 Å². The highest BCUT2D eigenvalue weighted by Crippen LogP contribution is 2.14. The van der Waals surface area contributed by atoms with Crippen molar-refractivity contribution in [3.05, 3.63) is 21.9 Å². The molecule has 2 nitrogen and oxygen atoms in total. The second kappa shape index (κ2) is 5.64. The predicted octanol–water partition coefficient (Wildman–Crippen LogP) is 2.96. The quantitative estimate of drug-likeness (QED) is 0.754. The van der Waals surface area contributed by atoms with Gasteiger partial charge in [0, 0.05) is 13.7 Å². The summed E-state index contributed by atoms with van der Waals surface area (Å²) in [7, 11) is 1.77. The zero-order valence-electron chi connectivity index (χ0n) is 10.1. The highest BCUT2D eigenvalue weighted by atomic mass is 32.1. The fourth-order valence-electron chi connectivity index (χ4n) is 1.28. The van der Waals surface area contributed by atoms with Crippen LogP contribution in [0.3, 0.4) is 0 Å². The Hall–Kier alpha value is -0.380. The van der Waals surface area contributed by atoms with E-state index in [1.807, 2.05) is 0 Å². The van der Waals surface area contributed by atoms with Crippen LogP contribution < -0.4 is 5.32 Å². The Morgan fingerprint density at radius 2 is 2.13 bits per heavy atom. The number of hydrogen-bond donors (Lipinski definition) is 1. The van der Waals surface area contributed by atoms with Gasteiger partial charge < -0.3 is 10.1 Å². The molecule has 86 valence electrons. The summed E-state index contributed by atoms with van der Waals surface area (Å²) in [6, 6.07) is 0. The van der Waals surface area contributed by atoms with Gasteiger partial charge in [0.05, 0.1) is 5.60 Å². The molecular formula is C12H21NOS. The SMILES string of the molecule is COC(C)(C)CCNCc1cscc1C. The van der Waals surface area contributed by atoms with Gasteiger partial charge in [-0.05, 0) is 55.6 Å². The van der Waals surface area contributed by atoms with Gasteiger partial charge in [0.2, 0.25) is 0 Å². The highest BCUT2D eigenvalue weighted by molar-refractivity contribution is 7.08. The van der Waals surface area contributed by atoms with Crippen LogP contribution in [-0.4, -0.2) is 19.3 Å². The zero-order chi connectivity index (χ0) is 11.3. The number of nitrogens with one attached hydrogen (secondary N) is 1. The van der Waals surface area contributed by atoms with Gasteiger partial charge in [0.1, 0.15) is 0 Å². The molecule has 0 spiro atoms. The minimum atomic E-state index is -0.0172. The molecule has 0 aliphatic heterocycles. The standard InChI is InChI=1S/C12H21NOS/c1-10-8-15-9-11(10)7-13-6-5-12(2,3)14-4/h8-9,13H,5-7H2,1-4H3. The van der Waals surface area contributed by atoms with E-state index in [9.17, 15) is 0 Å². The topological polar surface area (TPSA) is 21.3 Å². The monoisotopic (exact) mass is 227 g/mol. The van der Waals surface area contributed by atoms with Gasteiger partial charge in [0.15, 0.2) is 0 Å². The maximum absolute atomic E-state index is 5.36. The molecule has 0 atom stereocenters. The third kappa shape index (κ3) is 4.33. The van der Waals surface area contributed by atoms with E-state index in [0.29, 0.717) is 0 Å². The summed E-state index contributed by atoms with van der Waals surface area (Å²) in [5.41, 5.74) is 2.78. The van der Waals surface area contributed by atoms with E-state index in [2.05, 4.69) is 36.8 Å². The minimum absolute atomic E-state index is 0.0172. The van der Waals surface area contributed by atoms with E-state index in [1.54, 1.807) is 18.4 Å². The predicted molar refractivity (Wildman–Crippen MR) is 66.5 cm³/mol. The molecule has 3 heteroatoms. The minimum Gasteiger partial charge on any atom is -0.379 e. The largest absolute Gasteiger partial charge is 0.379 e. The van der Waals surface area contributed by atoms with Gasteiger partial charge in [-0.25, -0.2) is 0 Å². The first kappa shape index (κ1) is 12.7. The number of rotatable bonds is 6. The molecule has 0 aromatic carbocycles. The van der Waals surface area contributed by atoms with Gasteiger partial charge in [-0.15, -0.1) is 0 Å². The number of thiophene rings is 1. The molecule has 1 aromatic rings. The van der Waals surface area contributed by atoms with Crippen molar-refractivity contribution in [2.45, 2.75) is 39.3 Å². The van der Waals surface area contributed by atoms with Crippen LogP contribution in [0.2, 0.25) is 0 Å². The Kier molecular flexibility index (Phi) is 4.77. The first-order valence-corrected chi connectivity index (χ1v) is 6.27. The van der Waals surface area contributed by atoms with E-state index in [4.69, 9.17) is 4.74 Å². The van der Waals surface area contributed by atoms with Gasteiger partial charge in [-0.3, -0.25) is 0 Å². The second-order valence-electron chi connectivity index (χ2n) is 4.47. The van der Waals surface area contributed by atoms with Crippen molar-refractivity contribution >= 4 is 11.3 Å². The molecule has 0 bridgehead atoms. The molecule has 1 N–H and O–H groups in total. The Labute approximate surface area is 96.7 Å². The van der Waals surface area contributed by atoms with Gasteiger partial charge >= 0.3 is 0 Å². The van der Waals surface area contributed by atoms with E-state index >= 15 is 0 Å². The van der Waals surface area contributed by atoms with Gasteiger partial charge in [-0.2, -0.15) is 11.3 Å². The van der Waals surface area contributed by atoms with Crippen LogP contribution in [0.4, 0.5) is 0 Å². The van der Waals surface area contributed by atoms with E-state index < -0.39 is 0 Å². The first-order valence-electron chi connectivity index (χ1n) is 5.33. The summed E-state index contributed by atoms with van der Waals surface area (Å²) in [6.07, 6.45) is 1.03. The number of methoxy groups -OCH3 is 1. The smallest absolute Gasteiger partial charge is 0.0634 e. The Morgan fingerprint density at radius 3 is 2.67 bits per heavy atom. The summed E-state index contributed by atoms with van der Waals surface area (Å²) >= 11 is 1.77. The third-order valence-corrected chi connectivity index (χ3v) is 3.64. The molecule has 0 aliphatic carbocycles. The van der Waals surface area contributed by atoms with E-state index in [1.165, 1.54) is 11.1 Å². The van der Waals surface area contributed by atoms with Crippen LogP contribution in [0.25, 0.3) is 0 Å². The summed E-state index contributed by atoms with van der Waals surface area (Å²) < 4.78 is 5.36. The van der Waals surface area contributed by atoms with Crippen LogP contribution in [0, 0.1) is 6.92 Å². The molecule has 0 radical (unpaired) electrons.